The number of fused-ring (bicyclic) bond motifs is 1. The Morgan fingerprint density at radius 2 is 2.11 bits per heavy atom. The first-order chi connectivity index (χ1) is 8.89. The zero-order chi connectivity index (χ0) is 14.0. The summed E-state index contributed by atoms with van der Waals surface area (Å²) in [7, 11) is 0. The smallest absolute Gasteiger partial charge is 0.410 e. The van der Waals surface area contributed by atoms with E-state index >= 15 is 0 Å². The van der Waals surface area contributed by atoms with Gasteiger partial charge >= 0.3 is 6.09 Å². The summed E-state index contributed by atoms with van der Waals surface area (Å²) in [5, 5.41) is 0. The first-order valence-corrected chi connectivity index (χ1v) is 6.36. The van der Waals surface area contributed by atoms with Gasteiger partial charge in [-0.3, -0.25) is 0 Å². The van der Waals surface area contributed by atoms with Gasteiger partial charge in [-0.1, -0.05) is 23.8 Å². The molecule has 1 amide bonds. The van der Waals surface area contributed by atoms with Gasteiger partial charge < -0.3 is 9.64 Å². The van der Waals surface area contributed by atoms with E-state index in [1.807, 2.05) is 32.9 Å². The van der Waals surface area contributed by atoms with Gasteiger partial charge in [0.15, 0.2) is 5.69 Å². The van der Waals surface area contributed by atoms with Gasteiger partial charge in [-0.05, 0) is 32.8 Å². The maximum atomic E-state index is 12.0. The quantitative estimate of drug-likeness (QED) is 0.667. The molecule has 0 saturated carbocycles. The lowest BCUT2D eigenvalue weighted by Gasteiger charge is -2.31. The number of benzene rings is 1. The van der Waals surface area contributed by atoms with Crippen LogP contribution in [0.2, 0.25) is 0 Å². The van der Waals surface area contributed by atoms with Crippen molar-refractivity contribution in [1.82, 2.24) is 4.90 Å². The Hall–Kier alpha value is -2.02. The number of nitrogens with zero attached hydrogens (tertiary/aromatic N) is 2. The lowest BCUT2D eigenvalue weighted by molar-refractivity contribution is 0.0224. The fourth-order valence-corrected chi connectivity index (χ4v) is 2.09. The second-order valence-corrected chi connectivity index (χ2v) is 5.72. The van der Waals surface area contributed by atoms with Gasteiger partial charge in [0, 0.05) is 13.1 Å². The van der Waals surface area contributed by atoms with Crippen molar-refractivity contribution in [1.29, 1.82) is 0 Å². The minimum atomic E-state index is -0.467. The molecule has 0 aromatic heterocycles. The van der Waals surface area contributed by atoms with Crippen LogP contribution in [0.1, 0.15) is 31.9 Å². The summed E-state index contributed by atoms with van der Waals surface area (Å²) in [5.41, 5.74) is 2.45. The molecule has 1 aliphatic rings. The SMILES string of the molecule is [C-]#[N+]c1ccc2c(c1)CCN(C(=O)OC(C)(C)C)C2. The van der Waals surface area contributed by atoms with Gasteiger partial charge in [0.25, 0.3) is 0 Å². The zero-order valence-electron chi connectivity index (χ0n) is 11.6. The highest BCUT2D eigenvalue weighted by atomic mass is 16.6. The summed E-state index contributed by atoms with van der Waals surface area (Å²) in [4.78, 5) is 17.1. The second kappa shape index (κ2) is 4.93. The van der Waals surface area contributed by atoms with Crippen LogP contribution in [0.25, 0.3) is 4.85 Å². The predicted octanol–water partition coefficient (Wildman–Crippen LogP) is 3.53. The molecule has 0 N–H and O–H groups in total. The van der Waals surface area contributed by atoms with Crippen molar-refractivity contribution < 1.29 is 9.53 Å². The van der Waals surface area contributed by atoms with Crippen molar-refractivity contribution in [2.75, 3.05) is 6.54 Å². The van der Waals surface area contributed by atoms with Gasteiger partial charge in [0.1, 0.15) is 5.60 Å². The van der Waals surface area contributed by atoms with Crippen LogP contribution >= 0.6 is 0 Å². The molecule has 2 rings (SSSR count). The number of carbonyl (C=O) groups is 1. The number of amides is 1. The molecule has 1 aromatic rings. The van der Waals surface area contributed by atoms with Crippen molar-refractivity contribution in [3.63, 3.8) is 0 Å². The molecule has 0 atom stereocenters. The van der Waals surface area contributed by atoms with Crippen LogP contribution in [0.15, 0.2) is 18.2 Å². The molecule has 0 spiro atoms. The Morgan fingerprint density at radius 3 is 2.74 bits per heavy atom. The Labute approximate surface area is 113 Å². The molecule has 4 heteroatoms. The summed E-state index contributed by atoms with van der Waals surface area (Å²) < 4.78 is 5.38. The van der Waals surface area contributed by atoms with Crippen molar-refractivity contribution in [2.24, 2.45) is 0 Å². The summed E-state index contributed by atoms with van der Waals surface area (Å²) >= 11 is 0. The van der Waals surface area contributed by atoms with Crippen LogP contribution in [-0.4, -0.2) is 23.1 Å². The molecule has 0 aliphatic carbocycles. The van der Waals surface area contributed by atoms with E-state index in [4.69, 9.17) is 11.3 Å². The fourth-order valence-electron chi connectivity index (χ4n) is 2.09. The fraction of sp³-hybridized carbons (Fsp3) is 0.467. The number of hydrogen-bond acceptors (Lipinski definition) is 2. The third-order valence-electron chi connectivity index (χ3n) is 2.98. The van der Waals surface area contributed by atoms with Gasteiger partial charge in [-0.25, -0.2) is 9.64 Å². The first kappa shape index (κ1) is 13.4. The van der Waals surface area contributed by atoms with E-state index in [-0.39, 0.29) is 6.09 Å². The molecular weight excluding hydrogens is 240 g/mol. The van der Waals surface area contributed by atoms with Crippen molar-refractivity contribution >= 4 is 11.8 Å². The van der Waals surface area contributed by atoms with Crippen LogP contribution in [0.4, 0.5) is 10.5 Å². The number of ether oxygens (including phenoxy) is 1. The van der Waals surface area contributed by atoms with Gasteiger partial charge in [-0.2, -0.15) is 0 Å². The summed E-state index contributed by atoms with van der Waals surface area (Å²) in [6.07, 6.45) is 0.505. The van der Waals surface area contributed by atoms with E-state index in [0.717, 1.165) is 17.5 Å². The predicted molar refractivity (Wildman–Crippen MR) is 73.1 cm³/mol. The molecule has 1 heterocycles. The van der Waals surface area contributed by atoms with Crippen molar-refractivity contribution in [3.05, 3.63) is 40.7 Å². The molecule has 100 valence electrons. The monoisotopic (exact) mass is 258 g/mol. The highest BCUT2D eigenvalue weighted by molar-refractivity contribution is 5.69. The largest absolute Gasteiger partial charge is 0.444 e. The van der Waals surface area contributed by atoms with E-state index in [2.05, 4.69) is 4.85 Å². The Kier molecular flexibility index (Phi) is 3.48. The standard InChI is InChI=1S/C15H18N2O2/c1-15(2,3)19-14(18)17-8-7-11-9-13(16-4)6-5-12(11)10-17/h5-6,9H,7-8,10H2,1-3H3. The van der Waals surface area contributed by atoms with Crippen LogP contribution in [0, 0.1) is 6.57 Å². The van der Waals surface area contributed by atoms with E-state index in [0.29, 0.717) is 18.8 Å². The molecule has 0 unspecified atom stereocenters. The minimum Gasteiger partial charge on any atom is -0.444 e. The highest BCUT2D eigenvalue weighted by Crippen LogP contribution is 2.25. The van der Waals surface area contributed by atoms with Gasteiger partial charge in [0.2, 0.25) is 0 Å². The molecule has 4 nitrogen and oxygen atoms in total. The normalized spacial score (nSPS) is 14.5. The van der Waals surface area contributed by atoms with Crippen LogP contribution < -0.4 is 0 Å². The molecule has 0 saturated heterocycles. The molecule has 0 bridgehead atoms. The van der Waals surface area contributed by atoms with Crippen LogP contribution in [0.3, 0.4) is 0 Å². The second-order valence-electron chi connectivity index (χ2n) is 5.72. The number of carbonyl (C=O) groups excluding carboxylic acids is 1. The molecule has 0 radical (unpaired) electrons. The van der Waals surface area contributed by atoms with E-state index < -0.39 is 5.60 Å². The summed E-state index contributed by atoms with van der Waals surface area (Å²) in [5.74, 6) is 0. The third-order valence-corrected chi connectivity index (χ3v) is 2.98. The Morgan fingerprint density at radius 1 is 1.37 bits per heavy atom. The van der Waals surface area contributed by atoms with Gasteiger partial charge in [-0.15, -0.1) is 0 Å². The molecule has 1 aliphatic heterocycles. The first-order valence-electron chi connectivity index (χ1n) is 6.36. The number of hydrogen-bond donors (Lipinski definition) is 0. The van der Waals surface area contributed by atoms with E-state index in [1.54, 1.807) is 11.0 Å². The summed E-state index contributed by atoms with van der Waals surface area (Å²) in [6, 6.07) is 5.64. The summed E-state index contributed by atoms with van der Waals surface area (Å²) in [6.45, 7) is 13.8. The molecule has 19 heavy (non-hydrogen) atoms. The van der Waals surface area contributed by atoms with Crippen molar-refractivity contribution in [3.8, 4) is 0 Å². The Bertz CT molecular complexity index is 538. The lowest BCUT2D eigenvalue weighted by Crippen LogP contribution is -2.39. The van der Waals surface area contributed by atoms with Gasteiger partial charge in [0.05, 0.1) is 6.57 Å². The average molecular weight is 258 g/mol. The third kappa shape index (κ3) is 3.25. The Balaban J connectivity index is 2.11. The molecular formula is C15H18N2O2. The van der Waals surface area contributed by atoms with Crippen LogP contribution in [0.5, 0.6) is 0 Å². The average Bonchev–Trinajstić information content (AvgIpc) is 2.35. The topological polar surface area (TPSA) is 33.9 Å². The lowest BCUT2D eigenvalue weighted by atomic mass is 9.99. The molecule has 1 aromatic carbocycles. The zero-order valence-corrected chi connectivity index (χ0v) is 11.6. The minimum absolute atomic E-state index is 0.271. The maximum Gasteiger partial charge on any atom is 0.410 e. The van der Waals surface area contributed by atoms with Crippen LogP contribution in [-0.2, 0) is 17.7 Å². The maximum absolute atomic E-state index is 12.0. The highest BCUT2D eigenvalue weighted by Gasteiger charge is 2.25. The van der Waals surface area contributed by atoms with E-state index in [1.165, 1.54) is 0 Å². The van der Waals surface area contributed by atoms with Crippen molar-refractivity contribution in [2.45, 2.75) is 39.3 Å². The van der Waals surface area contributed by atoms with E-state index in [9.17, 15) is 4.79 Å². The molecule has 0 fully saturated rings. The number of rotatable bonds is 0.